The standard InChI is InChI=1S/C17H24N4O2/c1-17(2,3)10-13-5-6-14(21(13)11-18)16(22)20-12-7-8-19-15(9-12)23-4/h7-9,13-14H,5-6,10H2,1-4H3,(H,19,20,22). The van der Waals surface area contributed by atoms with Gasteiger partial charge in [-0.05, 0) is 30.7 Å². The van der Waals surface area contributed by atoms with Gasteiger partial charge in [-0.3, -0.25) is 9.69 Å². The van der Waals surface area contributed by atoms with Gasteiger partial charge >= 0.3 is 0 Å². The van der Waals surface area contributed by atoms with Crippen LogP contribution in [0.5, 0.6) is 5.88 Å². The fourth-order valence-corrected chi connectivity index (χ4v) is 3.02. The predicted molar refractivity (Wildman–Crippen MR) is 87.8 cm³/mol. The fourth-order valence-electron chi connectivity index (χ4n) is 3.02. The van der Waals surface area contributed by atoms with Gasteiger partial charge in [-0.1, -0.05) is 20.8 Å². The summed E-state index contributed by atoms with van der Waals surface area (Å²) in [5.41, 5.74) is 0.753. The molecule has 0 bridgehead atoms. The Morgan fingerprint density at radius 3 is 2.87 bits per heavy atom. The molecular formula is C17H24N4O2. The summed E-state index contributed by atoms with van der Waals surface area (Å²) in [5.74, 6) is 0.285. The lowest BCUT2D eigenvalue weighted by Crippen LogP contribution is -2.41. The lowest BCUT2D eigenvalue weighted by Gasteiger charge is -2.29. The monoisotopic (exact) mass is 316 g/mol. The fraction of sp³-hybridized carbons (Fsp3) is 0.588. The highest BCUT2D eigenvalue weighted by molar-refractivity contribution is 5.95. The van der Waals surface area contributed by atoms with Crippen LogP contribution in [0.15, 0.2) is 18.3 Å². The summed E-state index contributed by atoms with van der Waals surface area (Å²) in [7, 11) is 1.53. The smallest absolute Gasteiger partial charge is 0.247 e. The van der Waals surface area contributed by atoms with Crippen LogP contribution in [0.4, 0.5) is 5.69 Å². The Labute approximate surface area is 137 Å². The number of nitriles is 1. The molecule has 2 heterocycles. The van der Waals surface area contributed by atoms with Crippen LogP contribution < -0.4 is 10.1 Å². The van der Waals surface area contributed by atoms with E-state index in [1.807, 2.05) is 0 Å². The van der Waals surface area contributed by atoms with Gasteiger partial charge in [-0.2, -0.15) is 5.26 Å². The molecule has 0 aliphatic carbocycles. The van der Waals surface area contributed by atoms with Crippen molar-refractivity contribution in [3.63, 3.8) is 0 Å². The van der Waals surface area contributed by atoms with Crippen molar-refractivity contribution >= 4 is 11.6 Å². The number of hydrogen-bond donors (Lipinski definition) is 1. The van der Waals surface area contributed by atoms with Crippen LogP contribution in [0.3, 0.4) is 0 Å². The maximum absolute atomic E-state index is 12.5. The molecule has 2 atom stereocenters. The van der Waals surface area contributed by atoms with Crippen LogP contribution in [-0.2, 0) is 4.79 Å². The maximum Gasteiger partial charge on any atom is 0.247 e. The molecule has 0 spiro atoms. The van der Waals surface area contributed by atoms with Gasteiger partial charge in [0.05, 0.1) is 7.11 Å². The number of amides is 1. The highest BCUT2D eigenvalue weighted by Gasteiger charge is 2.38. The molecule has 0 aromatic carbocycles. The molecule has 1 amide bonds. The average molecular weight is 316 g/mol. The van der Waals surface area contributed by atoms with E-state index in [1.165, 1.54) is 7.11 Å². The Kier molecular flexibility index (Phi) is 5.09. The largest absolute Gasteiger partial charge is 0.481 e. The van der Waals surface area contributed by atoms with Gasteiger partial charge in [0.25, 0.3) is 0 Å². The molecule has 1 aliphatic rings. The summed E-state index contributed by atoms with van der Waals surface area (Å²) in [6.07, 6.45) is 6.25. The third-order valence-electron chi connectivity index (χ3n) is 3.98. The number of likely N-dealkylation sites (tertiary alicyclic amines) is 1. The molecule has 1 fully saturated rings. The number of aromatic nitrogens is 1. The van der Waals surface area contributed by atoms with Crippen LogP contribution in [0.2, 0.25) is 0 Å². The normalized spacial score (nSPS) is 20.9. The van der Waals surface area contributed by atoms with E-state index in [0.29, 0.717) is 18.0 Å². The Balaban J connectivity index is 2.06. The molecule has 1 saturated heterocycles. The van der Waals surface area contributed by atoms with Gasteiger partial charge in [0.2, 0.25) is 11.8 Å². The van der Waals surface area contributed by atoms with Crippen molar-refractivity contribution in [3.8, 4) is 12.1 Å². The zero-order valence-corrected chi connectivity index (χ0v) is 14.2. The van der Waals surface area contributed by atoms with Crippen molar-refractivity contribution < 1.29 is 9.53 Å². The highest BCUT2D eigenvalue weighted by atomic mass is 16.5. The second kappa shape index (κ2) is 6.86. The highest BCUT2D eigenvalue weighted by Crippen LogP contribution is 2.33. The van der Waals surface area contributed by atoms with Crippen LogP contribution >= 0.6 is 0 Å². The summed E-state index contributed by atoms with van der Waals surface area (Å²) in [6, 6.07) is 3.09. The van der Waals surface area contributed by atoms with Crippen molar-refractivity contribution in [1.82, 2.24) is 9.88 Å². The minimum Gasteiger partial charge on any atom is -0.481 e. The third kappa shape index (κ3) is 4.35. The number of carbonyl (C=O) groups is 1. The average Bonchev–Trinajstić information content (AvgIpc) is 2.88. The zero-order chi connectivity index (χ0) is 17.0. The van der Waals surface area contributed by atoms with E-state index in [-0.39, 0.29) is 17.4 Å². The first kappa shape index (κ1) is 17.1. The van der Waals surface area contributed by atoms with E-state index in [0.717, 1.165) is 12.8 Å². The zero-order valence-electron chi connectivity index (χ0n) is 14.2. The van der Waals surface area contributed by atoms with E-state index in [9.17, 15) is 10.1 Å². The number of pyridine rings is 1. The SMILES string of the molecule is COc1cc(NC(=O)C2CCC(CC(C)(C)C)N2C#N)ccn1. The number of methoxy groups -OCH3 is 1. The number of anilines is 1. The van der Waals surface area contributed by atoms with Gasteiger partial charge in [0.1, 0.15) is 6.04 Å². The van der Waals surface area contributed by atoms with Crippen LogP contribution in [0, 0.1) is 16.9 Å². The lowest BCUT2D eigenvalue weighted by atomic mass is 9.87. The molecule has 0 saturated carbocycles. The number of nitrogens with one attached hydrogen (secondary N) is 1. The van der Waals surface area contributed by atoms with Crippen molar-refractivity contribution in [2.24, 2.45) is 5.41 Å². The first-order valence-corrected chi connectivity index (χ1v) is 7.83. The van der Waals surface area contributed by atoms with Crippen LogP contribution in [0.25, 0.3) is 0 Å². The molecule has 6 heteroatoms. The first-order chi connectivity index (χ1) is 10.8. The van der Waals surface area contributed by atoms with Crippen LogP contribution in [0.1, 0.15) is 40.0 Å². The second-order valence-electron chi connectivity index (χ2n) is 7.10. The first-order valence-electron chi connectivity index (χ1n) is 7.83. The van der Waals surface area contributed by atoms with E-state index in [4.69, 9.17) is 4.74 Å². The maximum atomic E-state index is 12.5. The van der Waals surface area contributed by atoms with Crippen LogP contribution in [-0.4, -0.2) is 35.0 Å². The third-order valence-corrected chi connectivity index (χ3v) is 3.98. The molecule has 124 valence electrons. The summed E-state index contributed by atoms with van der Waals surface area (Å²) in [6.45, 7) is 6.46. The summed E-state index contributed by atoms with van der Waals surface area (Å²) >= 11 is 0. The quantitative estimate of drug-likeness (QED) is 0.864. The molecule has 1 aliphatic heterocycles. The second-order valence-corrected chi connectivity index (χ2v) is 7.10. The number of rotatable bonds is 4. The topological polar surface area (TPSA) is 78.2 Å². The van der Waals surface area contributed by atoms with E-state index < -0.39 is 6.04 Å². The van der Waals surface area contributed by atoms with Crippen molar-refractivity contribution in [2.75, 3.05) is 12.4 Å². The van der Waals surface area contributed by atoms with E-state index in [2.05, 4.69) is 37.3 Å². The predicted octanol–water partition coefficient (Wildman–Crippen LogP) is 2.78. The lowest BCUT2D eigenvalue weighted by molar-refractivity contribution is -0.119. The summed E-state index contributed by atoms with van der Waals surface area (Å²) in [5, 5.41) is 12.3. The number of nitrogens with zero attached hydrogens (tertiary/aromatic N) is 3. The molecule has 2 rings (SSSR count). The molecule has 0 radical (unpaired) electrons. The van der Waals surface area contributed by atoms with Crippen molar-refractivity contribution in [3.05, 3.63) is 18.3 Å². The molecule has 2 unspecified atom stereocenters. The molecule has 1 N–H and O–H groups in total. The van der Waals surface area contributed by atoms with Crippen molar-refractivity contribution in [1.29, 1.82) is 5.26 Å². The van der Waals surface area contributed by atoms with Crippen molar-refractivity contribution in [2.45, 2.75) is 52.1 Å². The number of carbonyl (C=O) groups excluding carboxylic acids is 1. The molecule has 23 heavy (non-hydrogen) atoms. The Morgan fingerprint density at radius 2 is 2.26 bits per heavy atom. The molecule has 1 aromatic heterocycles. The Bertz CT molecular complexity index is 603. The van der Waals surface area contributed by atoms with Gasteiger partial charge in [-0.15, -0.1) is 0 Å². The van der Waals surface area contributed by atoms with Gasteiger partial charge in [0.15, 0.2) is 6.19 Å². The van der Waals surface area contributed by atoms with Gasteiger partial charge in [-0.25, -0.2) is 4.98 Å². The number of hydrogen-bond acceptors (Lipinski definition) is 5. The van der Waals surface area contributed by atoms with Gasteiger partial charge in [0, 0.05) is 24.0 Å². The number of ether oxygens (including phenoxy) is 1. The molecule has 1 aromatic rings. The summed E-state index contributed by atoms with van der Waals surface area (Å²) in [4.78, 5) is 18.2. The van der Waals surface area contributed by atoms with E-state index >= 15 is 0 Å². The minimum absolute atomic E-state index is 0.128. The van der Waals surface area contributed by atoms with Gasteiger partial charge < -0.3 is 10.1 Å². The Hall–Kier alpha value is -2.29. The molecular weight excluding hydrogens is 292 g/mol. The van der Waals surface area contributed by atoms with E-state index in [1.54, 1.807) is 23.2 Å². The Morgan fingerprint density at radius 1 is 1.52 bits per heavy atom. The minimum atomic E-state index is -0.411. The summed E-state index contributed by atoms with van der Waals surface area (Å²) < 4.78 is 5.05. The molecule has 6 nitrogen and oxygen atoms in total.